The van der Waals surface area contributed by atoms with Gasteiger partial charge in [-0.15, -0.1) is 0 Å². The predicted molar refractivity (Wildman–Crippen MR) is 80.2 cm³/mol. The number of anilines is 1. The van der Waals surface area contributed by atoms with Crippen LogP contribution >= 0.6 is 0 Å². The van der Waals surface area contributed by atoms with Gasteiger partial charge in [0, 0.05) is 25.7 Å². The second-order valence-electron chi connectivity index (χ2n) is 4.98. The highest BCUT2D eigenvalue weighted by atomic mass is 16.6. The topological polar surface area (TPSA) is 87.5 Å². The van der Waals surface area contributed by atoms with Gasteiger partial charge in [-0.25, -0.2) is 5.01 Å². The molecule has 0 bridgehead atoms. The van der Waals surface area contributed by atoms with Crippen molar-refractivity contribution in [3.05, 3.63) is 33.9 Å². The van der Waals surface area contributed by atoms with Crippen LogP contribution < -0.4 is 10.7 Å². The van der Waals surface area contributed by atoms with Crippen LogP contribution in [-0.2, 0) is 0 Å². The van der Waals surface area contributed by atoms with Crippen LogP contribution in [0.15, 0.2) is 18.2 Å². The third kappa shape index (κ3) is 3.69. The van der Waals surface area contributed by atoms with E-state index in [2.05, 4.69) is 10.7 Å². The van der Waals surface area contributed by atoms with E-state index < -0.39 is 4.92 Å². The Labute approximate surface area is 123 Å². The summed E-state index contributed by atoms with van der Waals surface area (Å²) in [6, 6.07) is 4.53. The molecule has 1 aliphatic heterocycles. The van der Waals surface area contributed by atoms with Gasteiger partial charge in [-0.1, -0.05) is 12.5 Å². The van der Waals surface area contributed by atoms with Crippen LogP contribution in [0.1, 0.15) is 36.5 Å². The number of hydrogen-bond donors (Lipinski definition) is 2. The van der Waals surface area contributed by atoms with Gasteiger partial charge >= 0.3 is 0 Å². The first kappa shape index (κ1) is 15.2. The Kier molecular flexibility index (Phi) is 5.10. The lowest BCUT2D eigenvalue weighted by Crippen LogP contribution is -2.45. The normalized spacial score (nSPS) is 15.5. The summed E-state index contributed by atoms with van der Waals surface area (Å²) in [5.41, 5.74) is 3.33. The van der Waals surface area contributed by atoms with E-state index in [-0.39, 0.29) is 17.3 Å². The smallest absolute Gasteiger partial charge is 0.293 e. The minimum absolute atomic E-state index is 0.0804. The summed E-state index contributed by atoms with van der Waals surface area (Å²) in [7, 11) is 0. The molecule has 1 heterocycles. The second-order valence-corrected chi connectivity index (χ2v) is 4.98. The first-order valence-corrected chi connectivity index (χ1v) is 7.20. The number of hydrogen-bond acceptors (Lipinski definition) is 5. The molecular formula is C14H20N4O3. The van der Waals surface area contributed by atoms with E-state index in [1.165, 1.54) is 18.6 Å². The number of nitrogens with one attached hydrogen (secondary N) is 2. The van der Waals surface area contributed by atoms with E-state index in [0.29, 0.717) is 12.1 Å². The number of nitrogens with zero attached hydrogens (tertiary/aromatic N) is 2. The number of nitro groups is 1. The Morgan fingerprint density at radius 3 is 2.67 bits per heavy atom. The molecule has 114 valence electrons. The van der Waals surface area contributed by atoms with Gasteiger partial charge in [-0.3, -0.25) is 20.3 Å². The molecule has 0 atom stereocenters. The number of carbonyl (C=O) groups excluding carboxylic acids is 1. The Morgan fingerprint density at radius 1 is 1.33 bits per heavy atom. The molecule has 0 unspecified atom stereocenters. The molecule has 2 N–H and O–H groups in total. The Hall–Kier alpha value is -2.15. The SMILES string of the molecule is CCNc1c(C(=O)NN2CCCCC2)cccc1[N+](=O)[O-]. The largest absolute Gasteiger partial charge is 0.379 e. The van der Waals surface area contributed by atoms with E-state index in [1.54, 1.807) is 6.07 Å². The summed E-state index contributed by atoms with van der Waals surface area (Å²) < 4.78 is 0. The molecular weight excluding hydrogens is 272 g/mol. The van der Waals surface area contributed by atoms with Crippen LogP contribution in [-0.4, -0.2) is 35.5 Å². The molecule has 0 saturated carbocycles. The lowest BCUT2D eigenvalue weighted by molar-refractivity contribution is -0.384. The highest BCUT2D eigenvalue weighted by Gasteiger charge is 2.22. The minimum Gasteiger partial charge on any atom is -0.379 e. The van der Waals surface area contributed by atoms with Crippen molar-refractivity contribution in [2.45, 2.75) is 26.2 Å². The fraction of sp³-hybridized carbons (Fsp3) is 0.500. The summed E-state index contributed by atoms with van der Waals surface area (Å²) in [6.45, 7) is 3.98. The number of carbonyl (C=O) groups is 1. The van der Waals surface area contributed by atoms with Crippen LogP contribution in [0.2, 0.25) is 0 Å². The van der Waals surface area contributed by atoms with Gasteiger partial charge in [0.25, 0.3) is 11.6 Å². The molecule has 0 radical (unpaired) electrons. The highest BCUT2D eigenvalue weighted by Crippen LogP contribution is 2.28. The van der Waals surface area contributed by atoms with Crippen LogP contribution in [0.5, 0.6) is 0 Å². The molecule has 1 saturated heterocycles. The zero-order chi connectivity index (χ0) is 15.2. The summed E-state index contributed by atoms with van der Waals surface area (Å²) in [6.07, 6.45) is 3.27. The Morgan fingerprint density at radius 2 is 2.05 bits per heavy atom. The second kappa shape index (κ2) is 7.03. The Bertz CT molecular complexity index is 527. The monoisotopic (exact) mass is 292 g/mol. The number of nitro benzene ring substituents is 1. The molecule has 7 heteroatoms. The van der Waals surface area contributed by atoms with E-state index >= 15 is 0 Å². The van der Waals surface area contributed by atoms with E-state index in [0.717, 1.165) is 25.9 Å². The van der Waals surface area contributed by atoms with Crippen molar-refractivity contribution in [3.63, 3.8) is 0 Å². The molecule has 1 aliphatic rings. The zero-order valence-electron chi connectivity index (χ0n) is 12.1. The van der Waals surface area contributed by atoms with Gasteiger partial charge in [0.2, 0.25) is 0 Å². The third-order valence-corrected chi connectivity index (χ3v) is 3.45. The van der Waals surface area contributed by atoms with Crippen molar-refractivity contribution in [3.8, 4) is 0 Å². The van der Waals surface area contributed by atoms with Crippen molar-refractivity contribution >= 4 is 17.3 Å². The van der Waals surface area contributed by atoms with Gasteiger partial charge in [-0.2, -0.15) is 0 Å². The molecule has 0 aliphatic carbocycles. The maximum absolute atomic E-state index is 12.4. The molecule has 1 aromatic carbocycles. The number of amides is 1. The minimum atomic E-state index is -0.477. The molecule has 7 nitrogen and oxygen atoms in total. The molecule has 1 aromatic rings. The maximum atomic E-state index is 12.4. The van der Waals surface area contributed by atoms with Gasteiger partial charge in [-0.05, 0) is 25.8 Å². The molecule has 2 rings (SSSR count). The average molecular weight is 292 g/mol. The molecule has 1 fully saturated rings. The Balaban J connectivity index is 2.22. The quantitative estimate of drug-likeness (QED) is 0.641. The van der Waals surface area contributed by atoms with Crippen LogP contribution in [0.4, 0.5) is 11.4 Å². The number of para-hydroxylation sites is 1. The van der Waals surface area contributed by atoms with Crippen molar-refractivity contribution < 1.29 is 9.72 Å². The van der Waals surface area contributed by atoms with Gasteiger partial charge < -0.3 is 5.32 Å². The summed E-state index contributed by atoms with van der Waals surface area (Å²) in [4.78, 5) is 23.0. The first-order chi connectivity index (χ1) is 10.1. The molecule has 21 heavy (non-hydrogen) atoms. The average Bonchev–Trinajstić information content (AvgIpc) is 2.48. The zero-order valence-corrected chi connectivity index (χ0v) is 12.1. The fourth-order valence-corrected chi connectivity index (χ4v) is 2.45. The predicted octanol–water partition coefficient (Wildman–Crippen LogP) is 2.16. The number of rotatable bonds is 5. The van der Waals surface area contributed by atoms with E-state index in [9.17, 15) is 14.9 Å². The van der Waals surface area contributed by atoms with Crippen LogP contribution in [0.3, 0.4) is 0 Å². The summed E-state index contributed by atoms with van der Waals surface area (Å²) in [5, 5.41) is 15.9. The van der Waals surface area contributed by atoms with Crippen molar-refractivity contribution in [1.29, 1.82) is 0 Å². The lowest BCUT2D eigenvalue weighted by Gasteiger charge is -2.27. The van der Waals surface area contributed by atoms with Gasteiger partial charge in [0.1, 0.15) is 5.69 Å². The maximum Gasteiger partial charge on any atom is 0.293 e. The van der Waals surface area contributed by atoms with Crippen molar-refractivity contribution in [2.75, 3.05) is 25.0 Å². The van der Waals surface area contributed by atoms with Crippen LogP contribution in [0, 0.1) is 10.1 Å². The fourth-order valence-electron chi connectivity index (χ4n) is 2.45. The molecule has 0 aromatic heterocycles. The van der Waals surface area contributed by atoms with Gasteiger partial charge in [0.15, 0.2) is 0 Å². The van der Waals surface area contributed by atoms with E-state index in [4.69, 9.17) is 0 Å². The van der Waals surface area contributed by atoms with E-state index in [1.807, 2.05) is 11.9 Å². The first-order valence-electron chi connectivity index (χ1n) is 7.20. The van der Waals surface area contributed by atoms with Crippen LogP contribution in [0.25, 0.3) is 0 Å². The third-order valence-electron chi connectivity index (χ3n) is 3.45. The number of piperidine rings is 1. The standard InChI is InChI=1S/C14H20N4O3/c1-2-15-13-11(7-6-8-12(13)18(20)21)14(19)16-17-9-4-3-5-10-17/h6-8,15H,2-5,9-10H2,1H3,(H,16,19). The summed E-state index contributed by atoms with van der Waals surface area (Å²) >= 11 is 0. The molecule has 1 amide bonds. The van der Waals surface area contributed by atoms with Crippen molar-refractivity contribution in [2.24, 2.45) is 0 Å². The number of benzene rings is 1. The molecule has 0 spiro atoms. The number of hydrazine groups is 1. The van der Waals surface area contributed by atoms with Gasteiger partial charge in [0.05, 0.1) is 10.5 Å². The lowest BCUT2D eigenvalue weighted by atomic mass is 10.1. The summed E-state index contributed by atoms with van der Waals surface area (Å²) in [5.74, 6) is -0.309. The van der Waals surface area contributed by atoms with Crippen molar-refractivity contribution in [1.82, 2.24) is 10.4 Å². The highest BCUT2D eigenvalue weighted by molar-refractivity contribution is 6.01.